The van der Waals surface area contributed by atoms with Gasteiger partial charge in [-0.2, -0.15) is 0 Å². The summed E-state index contributed by atoms with van der Waals surface area (Å²) in [6, 6.07) is 9.29. The van der Waals surface area contributed by atoms with Crippen molar-refractivity contribution in [3.63, 3.8) is 0 Å². The largest absolute Gasteiger partial charge is 0.374 e. The Morgan fingerprint density at radius 1 is 1.33 bits per heavy atom. The molecule has 1 nitrogen and oxygen atoms in total. The number of hydrogen-bond acceptors (Lipinski definition) is 2. The lowest BCUT2D eigenvalue weighted by atomic mass is 9.97. The van der Waals surface area contributed by atoms with Crippen LogP contribution in [0.4, 0.5) is 0 Å². The van der Waals surface area contributed by atoms with Crippen LogP contribution < -0.4 is 0 Å². The van der Waals surface area contributed by atoms with E-state index in [-0.39, 0.29) is 0 Å². The van der Waals surface area contributed by atoms with Crippen molar-refractivity contribution in [3.05, 3.63) is 35.9 Å². The molecule has 0 spiro atoms. The van der Waals surface area contributed by atoms with Gasteiger partial charge in [0.2, 0.25) is 0 Å². The second-order valence-electron chi connectivity index (χ2n) is 2.68. The molecule has 0 saturated heterocycles. The summed E-state index contributed by atoms with van der Waals surface area (Å²) in [7, 11) is 0. The molecule has 1 aromatic carbocycles. The highest BCUT2D eigenvalue weighted by atomic mass is 32.1. The highest BCUT2D eigenvalue weighted by Gasteiger charge is 2.18. The number of rotatable bonds is 1. The van der Waals surface area contributed by atoms with Crippen molar-refractivity contribution >= 4 is 12.6 Å². The Morgan fingerprint density at radius 3 is 2.42 bits per heavy atom. The average molecular weight is 178 g/mol. The minimum atomic E-state index is -1.09. The minimum Gasteiger partial charge on any atom is -0.374 e. The Kier molecular flexibility index (Phi) is 2.80. The molecule has 2 heteroatoms. The quantitative estimate of drug-likeness (QED) is 0.496. The highest BCUT2D eigenvalue weighted by molar-refractivity contribution is 7.85. The smallest absolute Gasteiger partial charge is 0.149 e. The molecular weight excluding hydrogens is 168 g/mol. The molecule has 12 heavy (non-hydrogen) atoms. The van der Waals surface area contributed by atoms with E-state index >= 15 is 0 Å². The van der Waals surface area contributed by atoms with Crippen molar-refractivity contribution in [1.82, 2.24) is 0 Å². The lowest BCUT2D eigenvalue weighted by Gasteiger charge is -2.15. The normalized spacial score (nSPS) is 14.2. The van der Waals surface area contributed by atoms with Crippen LogP contribution in [-0.2, 0) is 5.60 Å². The number of hydrogen-bond donors (Lipinski definition) is 2. The van der Waals surface area contributed by atoms with Crippen molar-refractivity contribution in [2.45, 2.75) is 12.5 Å². The van der Waals surface area contributed by atoms with E-state index in [0.29, 0.717) is 0 Å². The molecule has 0 bridgehead atoms. The van der Waals surface area contributed by atoms with E-state index in [1.54, 1.807) is 6.92 Å². The van der Waals surface area contributed by atoms with Crippen molar-refractivity contribution in [1.29, 1.82) is 0 Å². The summed E-state index contributed by atoms with van der Waals surface area (Å²) < 4.78 is 0. The number of aliphatic hydroxyl groups is 1. The molecule has 0 heterocycles. The fourth-order valence-corrected chi connectivity index (χ4v) is 1.16. The molecule has 1 N–H and O–H groups in total. The fourth-order valence-electron chi connectivity index (χ4n) is 0.944. The maximum absolute atomic E-state index is 9.76. The van der Waals surface area contributed by atoms with Crippen LogP contribution >= 0.6 is 12.6 Å². The van der Waals surface area contributed by atoms with Gasteiger partial charge in [0.25, 0.3) is 0 Å². The fraction of sp³-hybridized carbons (Fsp3) is 0.200. The average Bonchev–Trinajstić information content (AvgIpc) is 2.06. The van der Waals surface area contributed by atoms with E-state index < -0.39 is 5.60 Å². The van der Waals surface area contributed by atoms with Gasteiger partial charge < -0.3 is 5.11 Å². The van der Waals surface area contributed by atoms with E-state index in [4.69, 9.17) is 0 Å². The second-order valence-corrected chi connectivity index (χ2v) is 2.90. The SMILES string of the molecule is CC(O)(C#CS)c1ccccc1. The minimum absolute atomic E-state index is 0.784. The molecule has 1 rings (SSSR count). The van der Waals surface area contributed by atoms with Gasteiger partial charge in [0, 0.05) is 0 Å². The van der Waals surface area contributed by atoms with Gasteiger partial charge in [-0.15, -0.1) is 0 Å². The summed E-state index contributed by atoms with van der Waals surface area (Å²) in [6.45, 7) is 1.64. The lowest BCUT2D eigenvalue weighted by Crippen LogP contribution is -2.17. The summed E-state index contributed by atoms with van der Waals surface area (Å²) >= 11 is 3.74. The first-order valence-electron chi connectivity index (χ1n) is 3.61. The Labute approximate surface area is 77.8 Å². The summed E-state index contributed by atoms with van der Waals surface area (Å²) in [5, 5.41) is 12.2. The predicted octanol–water partition coefficient (Wildman–Crippen LogP) is 1.78. The third-order valence-corrected chi connectivity index (χ3v) is 1.75. The number of thiol groups is 1. The predicted molar refractivity (Wildman–Crippen MR) is 52.8 cm³/mol. The molecule has 1 aromatic rings. The summed E-state index contributed by atoms with van der Waals surface area (Å²) in [4.78, 5) is 0. The van der Waals surface area contributed by atoms with Crippen LogP contribution in [0.15, 0.2) is 30.3 Å². The molecule has 0 radical (unpaired) electrons. The van der Waals surface area contributed by atoms with Gasteiger partial charge in [-0.1, -0.05) is 48.9 Å². The maximum atomic E-state index is 9.76. The highest BCUT2D eigenvalue weighted by Crippen LogP contribution is 2.18. The zero-order chi connectivity index (χ0) is 9.03. The van der Waals surface area contributed by atoms with Crippen molar-refractivity contribution in [3.8, 4) is 11.2 Å². The molecule has 0 aliphatic rings. The Hall–Kier alpha value is -0.910. The molecule has 0 aliphatic heterocycles. The van der Waals surface area contributed by atoms with Crippen LogP contribution in [0, 0.1) is 11.2 Å². The summed E-state index contributed by atoms with van der Waals surface area (Å²) in [5.41, 5.74) is -0.310. The van der Waals surface area contributed by atoms with Crippen LogP contribution in [0.2, 0.25) is 0 Å². The maximum Gasteiger partial charge on any atom is 0.149 e. The third-order valence-electron chi connectivity index (χ3n) is 1.64. The van der Waals surface area contributed by atoms with Crippen LogP contribution in [-0.4, -0.2) is 5.11 Å². The van der Waals surface area contributed by atoms with Gasteiger partial charge >= 0.3 is 0 Å². The van der Waals surface area contributed by atoms with Gasteiger partial charge in [-0.25, -0.2) is 0 Å². The van der Waals surface area contributed by atoms with Crippen molar-refractivity contribution < 1.29 is 5.11 Å². The molecule has 0 saturated carbocycles. The zero-order valence-electron chi connectivity index (χ0n) is 6.78. The van der Waals surface area contributed by atoms with Gasteiger partial charge in [0.15, 0.2) is 0 Å². The van der Waals surface area contributed by atoms with Gasteiger partial charge in [0.05, 0.1) is 0 Å². The van der Waals surface area contributed by atoms with E-state index in [0.717, 1.165) is 5.56 Å². The zero-order valence-corrected chi connectivity index (χ0v) is 7.68. The van der Waals surface area contributed by atoms with Crippen molar-refractivity contribution in [2.75, 3.05) is 0 Å². The molecule has 1 unspecified atom stereocenters. The van der Waals surface area contributed by atoms with Crippen molar-refractivity contribution in [2.24, 2.45) is 0 Å². The molecule has 1 atom stereocenters. The topological polar surface area (TPSA) is 20.2 Å². The van der Waals surface area contributed by atoms with Gasteiger partial charge in [-0.3, -0.25) is 0 Å². The molecule has 0 amide bonds. The van der Waals surface area contributed by atoms with E-state index in [1.807, 2.05) is 30.3 Å². The summed E-state index contributed by atoms with van der Waals surface area (Å²) in [6.07, 6.45) is 0. The molecule has 0 aliphatic carbocycles. The van der Waals surface area contributed by atoms with Gasteiger partial charge in [-0.05, 0) is 17.7 Å². The standard InChI is InChI=1S/C10H10OS/c1-10(11,7-8-12)9-5-3-2-4-6-9/h2-6,11-12H,1H3. The summed E-state index contributed by atoms with van der Waals surface area (Å²) in [5.74, 6) is 2.61. The Morgan fingerprint density at radius 2 is 1.92 bits per heavy atom. The second kappa shape index (κ2) is 3.66. The van der Waals surface area contributed by atoms with Gasteiger partial charge in [0.1, 0.15) is 5.60 Å². The monoisotopic (exact) mass is 178 g/mol. The Balaban J connectivity index is 3.03. The van der Waals surface area contributed by atoms with E-state index in [2.05, 4.69) is 23.8 Å². The molecule has 0 aromatic heterocycles. The first-order chi connectivity index (χ1) is 5.67. The third kappa shape index (κ3) is 2.04. The van der Waals surface area contributed by atoms with E-state index in [1.165, 1.54) is 0 Å². The molecule has 62 valence electrons. The van der Waals surface area contributed by atoms with E-state index in [9.17, 15) is 5.11 Å². The molecule has 0 fully saturated rings. The van der Waals surface area contributed by atoms with Crippen LogP contribution in [0.1, 0.15) is 12.5 Å². The number of benzene rings is 1. The first kappa shape index (κ1) is 9.18. The van der Waals surface area contributed by atoms with Crippen LogP contribution in [0.5, 0.6) is 0 Å². The molecular formula is C10H10OS. The lowest BCUT2D eigenvalue weighted by molar-refractivity contribution is 0.122. The van der Waals surface area contributed by atoms with Crippen LogP contribution in [0.25, 0.3) is 0 Å². The first-order valence-corrected chi connectivity index (χ1v) is 4.06. The van der Waals surface area contributed by atoms with Crippen LogP contribution in [0.3, 0.4) is 0 Å². The Bertz CT molecular complexity index is 306.